The molecule has 0 unspecified atom stereocenters. The molecule has 0 aromatic heterocycles. The van der Waals surface area contributed by atoms with Crippen LogP contribution in [0.3, 0.4) is 0 Å². The lowest BCUT2D eigenvalue weighted by atomic mass is 10.2. The van der Waals surface area contributed by atoms with Crippen LogP contribution in [0.1, 0.15) is 0 Å². The van der Waals surface area contributed by atoms with Gasteiger partial charge in [-0.3, -0.25) is 0 Å². The molecule has 0 heterocycles. The van der Waals surface area contributed by atoms with Crippen LogP contribution in [0.25, 0.3) is 0 Å². The molecule has 0 bridgehead atoms. The van der Waals surface area contributed by atoms with E-state index in [0.29, 0.717) is 5.69 Å². The Morgan fingerprint density at radius 2 is 1.94 bits per heavy atom. The highest BCUT2D eigenvalue weighted by Gasteiger charge is 2.00. The van der Waals surface area contributed by atoms with E-state index < -0.39 is 0 Å². The summed E-state index contributed by atoms with van der Waals surface area (Å²) in [7, 11) is 1.62. The first-order chi connectivity index (χ1) is 8.17. The maximum absolute atomic E-state index is 5.79. The average molecular weight is 293 g/mol. The molecule has 3 N–H and O–H groups in total. The van der Waals surface area contributed by atoms with Crippen LogP contribution < -0.4 is 15.8 Å². The molecule has 3 nitrogen and oxygen atoms in total. The van der Waals surface area contributed by atoms with Gasteiger partial charge in [-0.25, -0.2) is 0 Å². The number of nitrogens with two attached hydrogens (primary N) is 1. The van der Waals surface area contributed by atoms with Crippen LogP contribution in [0.4, 0.5) is 17.1 Å². The molecule has 0 saturated heterocycles. The highest BCUT2D eigenvalue weighted by molar-refractivity contribution is 9.10. The highest BCUT2D eigenvalue weighted by atomic mass is 79.9. The van der Waals surface area contributed by atoms with E-state index in [1.165, 1.54) is 0 Å². The number of methoxy groups -OCH3 is 1. The Kier molecular flexibility index (Phi) is 3.54. The Bertz CT molecular complexity index is 529. The number of nitrogen functional groups attached to an aromatic ring is 1. The zero-order chi connectivity index (χ0) is 12.3. The van der Waals surface area contributed by atoms with Crippen LogP contribution in [-0.4, -0.2) is 7.11 Å². The molecule has 0 fully saturated rings. The van der Waals surface area contributed by atoms with Crippen LogP contribution in [0.2, 0.25) is 0 Å². The number of halogens is 1. The van der Waals surface area contributed by atoms with Gasteiger partial charge in [-0.05, 0) is 24.3 Å². The smallest absolute Gasteiger partial charge is 0.122 e. The molecule has 2 aromatic rings. The normalized spacial score (nSPS) is 10.0. The first kappa shape index (κ1) is 11.8. The number of anilines is 3. The van der Waals surface area contributed by atoms with Crippen LogP contribution in [0, 0.1) is 0 Å². The summed E-state index contributed by atoms with van der Waals surface area (Å²) in [5.74, 6) is 0.738. The fourth-order valence-electron chi connectivity index (χ4n) is 1.55. The molecular weight excluding hydrogens is 280 g/mol. The van der Waals surface area contributed by atoms with Gasteiger partial charge < -0.3 is 15.8 Å². The number of hydrogen-bond donors (Lipinski definition) is 2. The molecule has 2 aromatic carbocycles. The first-order valence-electron chi connectivity index (χ1n) is 5.14. The molecule has 2 rings (SSSR count). The van der Waals surface area contributed by atoms with Crippen molar-refractivity contribution in [2.75, 3.05) is 18.2 Å². The molecule has 0 aliphatic carbocycles. The van der Waals surface area contributed by atoms with E-state index in [1.54, 1.807) is 13.2 Å². The van der Waals surface area contributed by atoms with E-state index in [0.717, 1.165) is 21.6 Å². The van der Waals surface area contributed by atoms with Crippen molar-refractivity contribution in [1.82, 2.24) is 0 Å². The summed E-state index contributed by atoms with van der Waals surface area (Å²) in [5, 5.41) is 3.27. The van der Waals surface area contributed by atoms with E-state index in [4.69, 9.17) is 10.5 Å². The summed E-state index contributed by atoms with van der Waals surface area (Å²) >= 11 is 3.43. The summed E-state index contributed by atoms with van der Waals surface area (Å²) in [5.41, 5.74) is 8.35. The molecule has 0 aliphatic rings. The van der Waals surface area contributed by atoms with Gasteiger partial charge in [0.25, 0.3) is 0 Å². The topological polar surface area (TPSA) is 47.3 Å². The first-order valence-corrected chi connectivity index (χ1v) is 5.94. The summed E-state index contributed by atoms with van der Waals surface area (Å²) in [6, 6.07) is 13.5. The molecular formula is C13H13BrN2O. The Labute approximate surface area is 109 Å². The molecule has 0 spiro atoms. The molecule has 0 atom stereocenters. The minimum absolute atomic E-state index is 0.668. The van der Waals surface area contributed by atoms with Crippen molar-refractivity contribution in [1.29, 1.82) is 0 Å². The van der Waals surface area contributed by atoms with E-state index in [2.05, 4.69) is 21.2 Å². The average Bonchev–Trinajstić information content (AvgIpc) is 2.28. The van der Waals surface area contributed by atoms with Crippen molar-refractivity contribution >= 4 is 33.0 Å². The van der Waals surface area contributed by atoms with Gasteiger partial charge in [0, 0.05) is 33.7 Å². The van der Waals surface area contributed by atoms with Gasteiger partial charge in [-0.2, -0.15) is 0 Å². The van der Waals surface area contributed by atoms with Crippen LogP contribution in [-0.2, 0) is 0 Å². The van der Waals surface area contributed by atoms with E-state index in [9.17, 15) is 0 Å². The van der Waals surface area contributed by atoms with Crippen molar-refractivity contribution in [2.24, 2.45) is 0 Å². The SMILES string of the molecule is COc1cc(N)cc(Nc2cccc(Br)c2)c1. The minimum Gasteiger partial charge on any atom is -0.497 e. The molecule has 0 radical (unpaired) electrons. The van der Waals surface area contributed by atoms with Crippen LogP contribution >= 0.6 is 15.9 Å². The summed E-state index contributed by atoms with van der Waals surface area (Å²) in [6.07, 6.45) is 0. The Balaban J connectivity index is 2.26. The van der Waals surface area contributed by atoms with E-state index >= 15 is 0 Å². The molecule has 17 heavy (non-hydrogen) atoms. The monoisotopic (exact) mass is 292 g/mol. The molecule has 0 amide bonds. The summed E-state index contributed by atoms with van der Waals surface area (Å²) in [4.78, 5) is 0. The number of ether oxygens (including phenoxy) is 1. The lowest BCUT2D eigenvalue weighted by molar-refractivity contribution is 0.415. The molecule has 4 heteroatoms. The second kappa shape index (κ2) is 5.10. The van der Waals surface area contributed by atoms with Gasteiger partial charge in [0.15, 0.2) is 0 Å². The predicted molar refractivity (Wildman–Crippen MR) is 74.8 cm³/mol. The van der Waals surface area contributed by atoms with E-state index in [1.807, 2.05) is 36.4 Å². The zero-order valence-electron chi connectivity index (χ0n) is 9.41. The Hall–Kier alpha value is -1.68. The number of nitrogens with one attached hydrogen (secondary N) is 1. The van der Waals surface area contributed by atoms with Gasteiger partial charge in [0.1, 0.15) is 5.75 Å². The van der Waals surface area contributed by atoms with Crippen molar-refractivity contribution in [3.8, 4) is 5.75 Å². The maximum Gasteiger partial charge on any atom is 0.122 e. The molecule has 0 aliphatic heterocycles. The van der Waals surface area contributed by atoms with E-state index in [-0.39, 0.29) is 0 Å². The highest BCUT2D eigenvalue weighted by Crippen LogP contribution is 2.26. The van der Waals surface area contributed by atoms with Gasteiger partial charge >= 0.3 is 0 Å². The molecule has 88 valence electrons. The zero-order valence-corrected chi connectivity index (χ0v) is 11.0. The van der Waals surface area contributed by atoms with Crippen LogP contribution in [0.5, 0.6) is 5.75 Å². The standard InChI is InChI=1S/C13H13BrN2O/c1-17-13-7-10(15)6-12(8-13)16-11-4-2-3-9(14)5-11/h2-8,16H,15H2,1H3. The van der Waals surface area contributed by atoms with Gasteiger partial charge in [-0.15, -0.1) is 0 Å². The van der Waals surface area contributed by atoms with Gasteiger partial charge in [0.05, 0.1) is 7.11 Å². The van der Waals surface area contributed by atoms with Crippen molar-refractivity contribution < 1.29 is 4.74 Å². The van der Waals surface area contributed by atoms with Crippen molar-refractivity contribution in [3.05, 3.63) is 46.9 Å². The second-order valence-electron chi connectivity index (χ2n) is 3.63. The lowest BCUT2D eigenvalue weighted by Gasteiger charge is -2.09. The fraction of sp³-hybridized carbons (Fsp3) is 0.0769. The Morgan fingerprint density at radius 3 is 2.65 bits per heavy atom. The molecule has 0 saturated carbocycles. The third-order valence-electron chi connectivity index (χ3n) is 2.28. The Morgan fingerprint density at radius 1 is 1.12 bits per heavy atom. The third-order valence-corrected chi connectivity index (χ3v) is 2.77. The third kappa shape index (κ3) is 3.14. The van der Waals surface area contributed by atoms with Crippen molar-refractivity contribution in [3.63, 3.8) is 0 Å². The largest absolute Gasteiger partial charge is 0.497 e. The maximum atomic E-state index is 5.79. The minimum atomic E-state index is 0.668. The fourth-order valence-corrected chi connectivity index (χ4v) is 1.94. The predicted octanol–water partition coefficient (Wildman–Crippen LogP) is 3.78. The quantitative estimate of drug-likeness (QED) is 0.847. The van der Waals surface area contributed by atoms with Crippen molar-refractivity contribution in [2.45, 2.75) is 0 Å². The van der Waals surface area contributed by atoms with Gasteiger partial charge in [0.2, 0.25) is 0 Å². The lowest BCUT2D eigenvalue weighted by Crippen LogP contribution is -1.94. The number of rotatable bonds is 3. The summed E-state index contributed by atoms with van der Waals surface area (Å²) < 4.78 is 6.19. The second-order valence-corrected chi connectivity index (χ2v) is 4.55. The number of hydrogen-bond acceptors (Lipinski definition) is 3. The summed E-state index contributed by atoms with van der Waals surface area (Å²) in [6.45, 7) is 0. The number of benzene rings is 2. The van der Waals surface area contributed by atoms with Gasteiger partial charge in [-0.1, -0.05) is 22.0 Å². The van der Waals surface area contributed by atoms with Crippen LogP contribution in [0.15, 0.2) is 46.9 Å².